The number of nitrogens with one attached hydrogen (secondary N) is 1. The molecule has 0 fully saturated rings. The number of fused-ring (bicyclic) bond motifs is 3. The van der Waals surface area contributed by atoms with Crippen molar-refractivity contribution in [1.29, 1.82) is 10.7 Å². The van der Waals surface area contributed by atoms with E-state index in [1.807, 2.05) is 48.5 Å². The van der Waals surface area contributed by atoms with Crippen molar-refractivity contribution in [1.82, 2.24) is 0 Å². The predicted molar refractivity (Wildman–Crippen MR) is 109 cm³/mol. The number of hydrogen-bond acceptors (Lipinski definition) is 4. The maximum absolute atomic E-state index is 11.9. The van der Waals surface area contributed by atoms with Crippen LogP contribution >= 0.6 is 0 Å². The number of carbonyl (C=O) groups is 1. The van der Waals surface area contributed by atoms with Crippen molar-refractivity contribution < 1.29 is 14.1 Å². The molecule has 0 spiro atoms. The van der Waals surface area contributed by atoms with Gasteiger partial charge >= 0.3 is 5.97 Å². The lowest BCUT2D eigenvalue weighted by molar-refractivity contribution is -0.577. The number of ether oxygens (including phenoxy) is 1. The van der Waals surface area contributed by atoms with E-state index in [0.717, 1.165) is 27.8 Å². The molecular formula is C24H16N3O2+. The number of nitriles is 1. The van der Waals surface area contributed by atoms with E-state index in [9.17, 15) is 10.1 Å². The van der Waals surface area contributed by atoms with Gasteiger partial charge in [-0.3, -0.25) is 5.41 Å². The molecule has 0 unspecified atom stereocenters. The topological polar surface area (TPSA) is 77.8 Å². The number of aromatic nitrogens is 1. The monoisotopic (exact) mass is 378 g/mol. The second kappa shape index (κ2) is 7.40. The number of esters is 1. The van der Waals surface area contributed by atoms with E-state index in [2.05, 4.69) is 11.9 Å². The molecule has 29 heavy (non-hydrogen) atoms. The van der Waals surface area contributed by atoms with Gasteiger partial charge in [-0.1, -0.05) is 48.5 Å². The van der Waals surface area contributed by atoms with Gasteiger partial charge in [-0.2, -0.15) is 9.83 Å². The molecule has 4 rings (SSSR count). The molecule has 1 heterocycles. The van der Waals surface area contributed by atoms with Crippen molar-refractivity contribution >= 4 is 23.1 Å². The van der Waals surface area contributed by atoms with E-state index in [0.29, 0.717) is 11.1 Å². The van der Waals surface area contributed by atoms with Gasteiger partial charge in [0.05, 0.1) is 13.0 Å². The summed E-state index contributed by atoms with van der Waals surface area (Å²) in [7, 11) is 1.31. The summed E-state index contributed by atoms with van der Waals surface area (Å²) in [5.41, 5.74) is 5.59. The largest absolute Gasteiger partial charge is 0.465 e. The molecule has 1 N–H and O–H groups in total. The second-order valence-electron chi connectivity index (χ2n) is 6.42. The summed E-state index contributed by atoms with van der Waals surface area (Å²) in [6.45, 7) is 0. The molecule has 138 valence electrons. The SMILES string of the molecule is COC(=O)c1ccc[n+](C(=C=N)C(C#N)=C2c3ccccc3-c3ccccc32)c1. The van der Waals surface area contributed by atoms with Gasteiger partial charge in [0.1, 0.15) is 17.2 Å². The molecule has 0 aliphatic heterocycles. The van der Waals surface area contributed by atoms with Crippen LogP contribution in [0, 0.1) is 16.7 Å². The molecule has 5 nitrogen and oxygen atoms in total. The van der Waals surface area contributed by atoms with E-state index in [4.69, 9.17) is 10.1 Å². The zero-order valence-electron chi connectivity index (χ0n) is 15.6. The smallest absolute Gasteiger partial charge is 0.343 e. The highest BCUT2D eigenvalue weighted by Crippen LogP contribution is 2.46. The summed E-state index contributed by atoms with van der Waals surface area (Å²) in [6.07, 6.45) is 3.21. The van der Waals surface area contributed by atoms with Gasteiger partial charge < -0.3 is 4.74 Å². The summed E-state index contributed by atoms with van der Waals surface area (Å²) in [5.74, 6) is 1.90. The van der Waals surface area contributed by atoms with Crippen molar-refractivity contribution in [2.24, 2.45) is 0 Å². The molecule has 3 aromatic rings. The summed E-state index contributed by atoms with van der Waals surface area (Å²) in [6, 6.07) is 21.3. The molecule has 0 amide bonds. The van der Waals surface area contributed by atoms with Crippen molar-refractivity contribution in [3.05, 3.63) is 95.3 Å². The number of methoxy groups -OCH3 is 1. The van der Waals surface area contributed by atoms with E-state index in [1.165, 1.54) is 13.3 Å². The summed E-state index contributed by atoms with van der Waals surface area (Å²) in [5, 5.41) is 17.9. The van der Waals surface area contributed by atoms with Crippen molar-refractivity contribution in [3.63, 3.8) is 0 Å². The minimum atomic E-state index is -0.494. The molecule has 1 aliphatic carbocycles. The van der Waals surface area contributed by atoms with Crippen LogP contribution in [-0.4, -0.2) is 18.9 Å². The first-order valence-electron chi connectivity index (χ1n) is 8.93. The standard InChI is InChI=1S/C24H16N3O2/c1-29-24(28)16-7-6-12-27(15-16)22(14-26)21(13-25)23-19-10-4-2-8-17(19)18-9-3-5-11-20(18)23/h2-12,15,26H,1H3/q+1. The van der Waals surface area contributed by atoms with Gasteiger partial charge in [0, 0.05) is 11.6 Å². The summed E-state index contributed by atoms with van der Waals surface area (Å²) >= 11 is 0. The lowest BCUT2D eigenvalue weighted by Crippen LogP contribution is -2.34. The summed E-state index contributed by atoms with van der Waals surface area (Å²) < 4.78 is 6.33. The molecule has 2 aromatic carbocycles. The molecular weight excluding hydrogens is 362 g/mol. The zero-order valence-corrected chi connectivity index (χ0v) is 15.6. The number of hydrogen-bond donors (Lipinski definition) is 1. The number of benzene rings is 2. The highest BCUT2D eigenvalue weighted by molar-refractivity contribution is 6.08. The first kappa shape index (κ1) is 18.1. The van der Waals surface area contributed by atoms with Crippen LogP contribution in [0.25, 0.3) is 22.4 Å². The Kier molecular flexibility index (Phi) is 4.62. The van der Waals surface area contributed by atoms with Crippen LogP contribution in [0.2, 0.25) is 0 Å². The van der Waals surface area contributed by atoms with Gasteiger partial charge in [-0.05, 0) is 28.3 Å². The first-order chi connectivity index (χ1) is 14.2. The number of rotatable bonds is 3. The van der Waals surface area contributed by atoms with Crippen molar-refractivity contribution in [2.75, 3.05) is 7.11 Å². The third-order valence-corrected chi connectivity index (χ3v) is 4.88. The highest BCUT2D eigenvalue weighted by atomic mass is 16.5. The minimum Gasteiger partial charge on any atom is -0.465 e. The maximum Gasteiger partial charge on any atom is 0.343 e. The Labute approximate surface area is 167 Å². The number of carbonyl (C=O) groups excluding carboxylic acids is 1. The number of nitrogens with zero attached hydrogens (tertiary/aromatic N) is 2. The van der Waals surface area contributed by atoms with Crippen LogP contribution in [0.15, 0.2) is 78.6 Å². The third kappa shape index (κ3) is 2.94. The Morgan fingerprint density at radius 1 is 0.966 bits per heavy atom. The van der Waals surface area contributed by atoms with E-state index in [-0.39, 0.29) is 5.70 Å². The fourth-order valence-electron chi connectivity index (χ4n) is 3.62. The van der Waals surface area contributed by atoms with E-state index < -0.39 is 5.97 Å². The average Bonchev–Trinajstić information content (AvgIpc) is 3.11. The van der Waals surface area contributed by atoms with E-state index in [1.54, 1.807) is 22.9 Å². The van der Waals surface area contributed by atoms with Gasteiger partial charge in [0.15, 0.2) is 12.4 Å². The van der Waals surface area contributed by atoms with Crippen molar-refractivity contribution in [3.8, 4) is 17.2 Å². The maximum atomic E-state index is 11.9. The van der Waals surface area contributed by atoms with Crippen LogP contribution in [-0.2, 0) is 4.74 Å². The third-order valence-electron chi connectivity index (χ3n) is 4.88. The van der Waals surface area contributed by atoms with Gasteiger partial charge in [0.2, 0.25) is 0 Å². The fourth-order valence-corrected chi connectivity index (χ4v) is 3.62. The Bertz CT molecular complexity index is 1230. The van der Waals surface area contributed by atoms with Crippen molar-refractivity contribution in [2.45, 2.75) is 0 Å². The molecule has 0 saturated heterocycles. The minimum absolute atomic E-state index is 0.250. The normalized spacial score (nSPS) is 11.0. The van der Waals surface area contributed by atoms with Gasteiger partial charge in [-0.25, -0.2) is 4.79 Å². The average molecular weight is 378 g/mol. The molecule has 1 aromatic heterocycles. The molecule has 5 heteroatoms. The zero-order chi connectivity index (χ0) is 20.4. The van der Waals surface area contributed by atoms with Gasteiger partial charge in [0.25, 0.3) is 5.70 Å². The molecule has 0 radical (unpaired) electrons. The molecule has 0 bridgehead atoms. The Balaban J connectivity index is 1.98. The Hall–Kier alpha value is -4.26. The predicted octanol–water partition coefficient (Wildman–Crippen LogP) is 3.86. The molecule has 0 atom stereocenters. The van der Waals surface area contributed by atoms with Crippen LogP contribution < -0.4 is 4.57 Å². The van der Waals surface area contributed by atoms with Crippen LogP contribution in [0.1, 0.15) is 21.5 Å². The van der Waals surface area contributed by atoms with Crippen LogP contribution in [0.4, 0.5) is 0 Å². The highest BCUT2D eigenvalue weighted by Gasteiger charge is 2.30. The lowest BCUT2D eigenvalue weighted by atomic mass is 9.96. The fraction of sp³-hybridized carbons (Fsp3) is 0.0417. The van der Waals surface area contributed by atoms with E-state index >= 15 is 0 Å². The molecule has 0 saturated carbocycles. The first-order valence-corrected chi connectivity index (χ1v) is 8.93. The Morgan fingerprint density at radius 3 is 2.07 bits per heavy atom. The second-order valence-corrected chi connectivity index (χ2v) is 6.42. The van der Waals surface area contributed by atoms with Crippen LogP contribution in [0.3, 0.4) is 0 Å². The quantitative estimate of drug-likeness (QED) is 0.254. The summed E-state index contributed by atoms with van der Waals surface area (Å²) in [4.78, 5) is 11.9. The lowest BCUT2D eigenvalue weighted by Gasteiger charge is -2.06. The molecule has 1 aliphatic rings. The van der Waals surface area contributed by atoms with Crippen LogP contribution in [0.5, 0.6) is 0 Å². The number of allylic oxidation sites excluding steroid dienone is 2. The van der Waals surface area contributed by atoms with Gasteiger partial charge in [-0.15, -0.1) is 0 Å². The number of pyridine rings is 1. The Morgan fingerprint density at radius 2 is 1.55 bits per heavy atom.